The third-order valence-electron chi connectivity index (χ3n) is 5.05. The van der Waals surface area contributed by atoms with E-state index >= 15 is 0 Å². The quantitative estimate of drug-likeness (QED) is 0.737. The number of methoxy groups -OCH3 is 2. The smallest absolute Gasteiger partial charge is 0.244 e. The predicted molar refractivity (Wildman–Crippen MR) is 89.1 cm³/mol. The van der Waals surface area contributed by atoms with Crippen molar-refractivity contribution in [2.45, 2.75) is 23.5 Å². The molecule has 0 unspecified atom stereocenters. The van der Waals surface area contributed by atoms with Crippen LogP contribution in [0.4, 0.5) is 0 Å². The van der Waals surface area contributed by atoms with Crippen molar-refractivity contribution in [3.05, 3.63) is 24.5 Å². The molecule has 7 nitrogen and oxygen atoms in total. The molecule has 3 atom stereocenters. The van der Waals surface area contributed by atoms with Gasteiger partial charge in [-0.2, -0.15) is 4.31 Å². The van der Waals surface area contributed by atoms with Crippen LogP contribution in [-0.4, -0.2) is 81.8 Å². The lowest BCUT2D eigenvalue weighted by Crippen LogP contribution is -2.53. The first-order valence-electron chi connectivity index (χ1n) is 8.24. The van der Waals surface area contributed by atoms with E-state index in [1.54, 1.807) is 36.9 Å². The molecule has 2 aliphatic heterocycles. The zero-order valence-electron chi connectivity index (χ0n) is 14.2. The summed E-state index contributed by atoms with van der Waals surface area (Å²) in [4.78, 5) is 6.49. The van der Waals surface area contributed by atoms with E-state index in [1.165, 1.54) is 6.20 Å². The number of hydrogen-bond donors (Lipinski definition) is 0. The van der Waals surface area contributed by atoms with E-state index in [0.717, 1.165) is 19.5 Å². The first-order chi connectivity index (χ1) is 11.6. The molecule has 0 aliphatic carbocycles. The zero-order valence-corrected chi connectivity index (χ0v) is 15.0. The molecule has 24 heavy (non-hydrogen) atoms. The van der Waals surface area contributed by atoms with Crippen molar-refractivity contribution in [2.75, 3.05) is 47.0 Å². The van der Waals surface area contributed by atoms with Crippen LogP contribution in [0.3, 0.4) is 0 Å². The van der Waals surface area contributed by atoms with Crippen molar-refractivity contribution in [3.63, 3.8) is 0 Å². The third-order valence-corrected chi connectivity index (χ3v) is 6.95. The van der Waals surface area contributed by atoms with E-state index < -0.39 is 10.0 Å². The van der Waals surface area contributed by atoms with Crippen LogP contribution in [0.1, 0.15) is 6.42 Å². The molecule has 0 amide bonds. The van der Waals surface area contributed by atoms with E-state index in [4.69, 9.17) is 9.47 Å². The minimum absolute atomic E-state index is 0.0641. The summed E-state index contributed by atoms with van der Waals surface area (Å²) < 4.78 is 38.5. The number of hydrogen-bond acceptors (Lipinski definition) is 6. The Morgan fingerprint density at radius 2 is 2.17 bits per heavy atom. The van der Waals surface area contributed by atoms with Crippen LogP contribution in [0.15, 0.2) is 29.4 Å². The Kier molecular flexibility index (Phi) is 5.51. The van der Waals surface area contributed by atoms with Crippen LogP contribution >= 0.6 is 0 Å². The van der Waals surface area contributed by atoms with Gasteiger partial charge in [-0.15, -0.1) is 0 Å². The SMILES string of the molecule is COCCN1C[C@@H]2[C@@H](OC)CCN(S(=O)(=O)c3cccnc3)[C@@H]2C1. The number of fused-ring (bicyclic) bond motifs is 1. The van der Waals surface area contributed by atoms with Gasteiger partial charge in [0.25, 0.3) is 0 Å². The van der Waals surface area contributed by atoms with Crippen LogP contribution in [0, 0.1) is 5.92 Å². The summed E-state index contributed by atoms with van der Waals surface area (Å²) in [6.07, 6.45) is 3.82. The molecular weight excluding hydrogens is 330 g/mol. The van der Waals surface area contributed by atoms with E-state index in [-0.39, 0.29) is 23.0 Å². The Morgan fingerprint density at radius 3 is 2.83 bits per heavy atom. The molecule has 0 N–H and O–H groups in total. The zero-order chi connectivity index (χ0) is 17.2. The molecule has 3 rings (SSSR count). The second kappa shape index (κ2) is 7.45. The van der Waals surface area contributed by atoms with Crippen LogP contribution in [0.2, 0.25) is 0 Å². The fourth-order valence-electron chi connectivity index (χ4n) is 3.83. The standard InChI is InChI=1S/C16H25N3O4S/c1-22-9-8-18-11-14-15(12-18)19(7-5-16(14)23-2)24(20,21)13-4-3-6-17-10-13/h3-4,6,10,14-16H,5,7-9,11-12H2,1-2H3/t14-,15+,16-/m0/s1. The van der Waals surface area contributed by atoms with Gasteiger partial charge in [-0.3, -0.25) is 9.88 Å². The van der Waals surface area contributed by atoms with Gasteiger partial charge in [-0.1, -0.05) is 0 Å². The molecule has 0 aromatic carbocycles. The normalized spacial score (nSPS) is 28.8. The first-order valence-corrected chi connectivity index (χ1v) is 9.68. The molecule has 2 fully saturated rings. The monoisotopic (exact) mass is 355 g/mol. The van der Waals surface area contributed by atoms with Crippen molar-refractivity contribution >= 4 is 10.0 Å². The average Bonchev–Trinajstić information content (AvgIpc) is 3.03. The minimum Gasteiger partial charge on any atom is -0.383 e. The van der Waals surface area contributed by atoms with Crippen LogP contribution in [0.25, 0.3) is 0 Å². The molecule has 0 spiro atoms. The lowest BCUT2D eigenvalue weighted by molar-refractivity contribution is 0.00217. The summed E-state index contributed by atoms with van der Waals surface area (Å²) in [6, 6.07) is 3.20. The molecule has 3 heterocycles. The lowest BCUT2D eigenvalue weighted by atomic mass is 9.91. The number of pyridine rings is 1. The topological polar surface area (TPSA) is 72.0 Å². The molecule has 134 valence electrons. The maximum atomic E-state index is 13.0. The van der Waals surface area contributed by atoms with Gasteiger partial charge < -0.3 is 9.47 Å². The van der Waals surface area contributed by atoms with Gasteiger partial charge in [0.2, 0.25) is 10.0 Å². The number of sulfonamides is 1. The summed E-state index contributed by atoms with van der Waals surface area (Å²) in [5.74, 6) is 0.187. The third kappa shape index (κ3) is 3.34. The van der Waals surface area contributed by atoms with Gasteiger partial charge in [0, 0.05) is 64.8 Å². The molecule has 2 saturated heterocycles. The highest BCUT2D eigenvalue weighted by Gasteiger charge is 2.48. The van der Waals surface area contributed by atoms with Crippen molar-refractivity contribution in [1.29, 1.82) is 0 Å². The highest BCUT2D eigenvalue weighted by atomic mass is 32.2. The first kappa shape index (κ1) is 17.8. The Bertz CT molecular complexity index is 640. The second-order valence-corrected chi connectivity index (χ2v) is 8.24. The molecule has 1 aromatic heterocycles. The maximum Gasteiger partial charge on any atom is 0.244 e. The Hall–Kier alpha value is -1.06. The fourth-order valence-corrected chi connectivity index (χ4v) is 5.47. The van der Waals surface area contributed by atoms with E-state index in [0.29, 0.717) is 19.7 Å². The molecule has 0 radical (unpaired) electrons. The van der Waals surface area contributed by atoms with Crippen LogP contribution in [-0.2, 0) is 19.5 Å². The van der Waals surface area contributed by atoms with Crippen molar-refractivity contribution in [1.82, 2.24) is 14.2 Å². The summed E-state index contributed by atoms with van der Waals surface area (Å²) >= 11 is 0. The second-order valence-electron chi connectivity index (χ2n) is 6.35. The van der Waals surface area contributed by atoms with E-state index in [9.17, 15) is 8.42 Å². The number of likely N-dealkylation sites (tertiary alicyclic amines) is 1. The van der Waals surface area contributed by atoms with E-state index in [2.05, 4.69) is 9.88 Å². The number of ether oxygens (including phenoxy) is 2. The number of aromatic nitrogens is 1. The van der Waals surface area contributed by atoms with Crippen molar-refractivity contribution in [2.24, 2.45) is 5.92 Å². The van der Waals surface area contributed by atoms with Crippen molar-refractivity contribution < 1.29 is 17.9 Å². The predicted octanol–water partition coefficient (Wildman–Crippen LogP) is 0.438. The van der Waals surface area contributed by atoms with Crippen LogP contribution in [0.5, 0.6) is 0 Å². The highest BCUT2D eigenvalue weighted by Crippen LogP contribution is 2.35. The van der Waals surface area contributed by atoms with Crippen molar-refractivity contribution in [3.8, 4) is 0 Å². The molecule has 0 saturated carbocycles. The Morgan fingerprint density at radius 1 is 1.33 bits per heavy atom. The van der Waals surface area contributed by atoms with Gasteiger partial charge in [0.15, 0.2) is 0 Å². The summed E-state index contributed by atoms with van der Waals surface area (Å²) in [5, 5.41) is 0. The maximum absolute atomic E-state index is 13.0. The molecule has 1 aromatic rings. The molecular formula is C16H25N3O4S. The van der Waals surface area contributed by atoms with E-state index in [1.807, 2.05) is 0 Å². The minimum atomic E-state index is -3.53. The van der Waals surface area contributed by atoms with Crippen LogP contribution < -0.4 is 0 Å². The largest absolute Gasteiger partial charge is 0.383 e. The number of rotatable bonds is 6. The highest BCUT2D eigenvalue weighted by molar-refractivity contribution is 7.89. The Labute approximate surface area is 143 Å². The summed E-state index contributed by atoms with van der Waals surface area (Å²) in [5.41, 5.74) is 0. The molecule has 0 bridgehead atoms. The number of nitrogens with zero attached hydrogens (tertiary/aromatic N) is 3. The van der Waals surface area contributed by atoms with Gasteiger partial charge in [-0.25, -0.2) is 8.42 Å². The Balaban J connectivity index is 1.84. The number of piperidine rings is 1. The molecule has 2 aliphatic rings. The van der Waals surface area contributed by atoms with Gasteiger partial charge in [0.05, 0.1) is 12.7 Å². The van der Waals surface area contributed by atoms with Gasteiger partial charge in [0.1, 0.15) is 4.90 Å². The lowest BCUT2D eigenvalue weighted by Gasteiger charge is -2.40. The van der Waals surface area contributed by atoms with Gasteiger partial charge in [-0.05, 0) is 18.6 Å². The van der Waals surface area contributed by atoms with Gasteiger partial charge >= 0.3 is 0 Å². The average molecular weight is 355 g/mol. The fraction of sp³-hybridized carbons (Fsp3) is 0.688. The summed E-state index contributed by atoms with van der Waals surface area (Å²) in [7, 11) is -0.141. The summed E-state index contributed by atoms with van der Waals surface area (Å²) in [6.45, 7) is 3.49. The molecule has 8 heteroatoms.